The SMILES string of the molecule is COc1ccc(-c2nnc(Cn3cnc4c(C#Cc5cncnc5)c(-c5ccccc5F)nc-4c3)s2)c(C(F)(F)F)c1.COc1ccc(-c2nnc(Cn3cnc4c(C(N)=O)c(-c5ccccc5F)nc-4c3)s2)c(C(F)(F)F)c1.COc1ccc(-c2nnc(Cn3cnc4c(Cl)c(-c5ccccc5F)nc-4c3)s2)c(C(F)(F)F)c1. The summed E-state index contributed by atoms with van der Waals surface area (Å²) in [6.45, 7) is 0.478. The number of methoxy groups -OCH3 is 3. The molecule has 6 aliphatic rings. The van der Waals surface area contributed by atoms with E-state index in [1.165, 1.54) is 113 Å². The van der Waals surface area contributed by atoms with E-state index in [0.29, 0.717) is 54.6 Å². The van der Waals surface area contributed by atoms with Crippen LogP contribution in [0.3, 0.4) is 0 Å². The van der Waals surface area contributed by atoms with Gasteiger partial charge in [-0.1, -0.05) is 93.9 Å². The van der Waals surface area contributed by atoms with Gasteiger partial charge in [-0.2, -0.15) is 39.5 Å². The van der Waals surface area contributed by atoms with E-state index in [4.69, 9.17) is 31.5 Å². The van der Waals surface area contributed by atoms with Crippen molar-refractivity contribution in [3.63, 3.8) is 0 Å². The maximum Gasteiger partial charge on any atom is 0.417 e. The Morgan fingerprint density at radius 3 is 1.21 bits per heavy atom. The van der Waals surface area contributed by atoms with E-state index in [-0.39, 0.29) is 119 Å². The standard InChI is InChI=1S/C29H17F4N7OS.C24H16F4N6O2S.C23H14ClF4N5OS/c1-41-18-7-9-19(22(10-18)29(31,32)33)28-39-38-25(42-28)14-40-13-24-27(36-16-40)21(8-6-17-11-34-15-35-12-17)26(37-24)20-4-2-3-5-23(20)30;1-36-12-6-7-13(15(8-12)24(26,27)28)23-33-32-18(37-23)10-34-9-17-21(30-11-34)19(22(29)35)20(31-17)14-4-2-3-5-16(14)25;1-34-12-6-7-13(15(8-12)23(26,27)28)22-32-31-18(35-22)10-33-9-17-21(29-11-33)19(24)20(30-17)14-4-2-3-5-16(14)25/h2-5,7,9-13,15-16H,14H2,1H3;2-9,11H,10H2,1H3,(H2,29,35);2-9,11H,10H2,1H3. The first-order chi connectivity index (χ1) is 54.7. The summed E-state index contributed by atoms with van der Waals surface area (Å²) in [6, 6.07) is 29.2. The van der Waals surface area contributed by atoms with Crippen LogP contribution in [0.2, 0.25) is 5.02 Å². The second kappa shape index (κ2) is 32.3. The molecule has 0 spiro atoms. The number of amides is 1. The molecular weight excluding hydrogens is 1590 g/mol. The largest absolute Gasteiger partial charge is 0.497 e. The number of hydrogen-bond acceptors (Lipinski definition) is 21. The highest BCUT2D eigenvalue weighted by molar-refractivity contribution is 7.15. The number of nitrogens with zero attached hydrogens (tertiary/aromatic N) is 17. The zero-order valence-electron chi connectivity index (χ0n) is 58.4. The number of aromatic nitrogens is 17. The van der Waals surface area contributed by atoms with Crippen molar-refractivity contribution in [2.75, 3.05) is 21.3 Å². The highest BCUT2D eigenvalue weighted by Crippen LogP contribution is 2.45. The van der Waals surface area contributed by atoms with Crippen molar-refractivity contribution in [3.8, 4) is 129 Å². The van der Waals surface area contributed by atoms with Crippen molar-refractivity contribution in [2.24, 2.45) is 5.73 Å². The van der Waals surface area contributed by atoms with E-state index >= 15 is 0 Å². The number of primary amides is 1. The van der Waals surface area contributed by atoms with Crippen molar-refractivity contribution >= 4 is 51.5 Å². The van der Waals surface area contributed by atoms with Crippen molar-refractivity contribution in [1.29, 1.82) is 0 Å². The van der Waals surface area contributed by atoms with Gasteiger partial charge in [0.05, 0.1) is 115 Å². The summed E-state index contributed by atoms with van der Waals surface area (Å²) in [4.78, 5) is 46.6. The number of fused-ring (bicyclic) bond motifs is 3. The molecule has 0 fully saturated rings. The Morgan fingerprint density at radius 2 is 0.807 bits per heavy atom. The third-order valence-corrected chi connectivity index (χ3v) is 20.0. The molecule has 0 saturated heterocycles. The minimum absolute atomic E-state index is 0.00960. The number of ether oxygens (including phenoxy) is 3. The lowest BCUT2D eigenvalue weighted by Crippen LogP contribution is -2.13. The Labute approximate surface area is 652 Å². The Bertz CT molecular complexity index is 6190. The van der Waals surface area contributed by atoms with Gasteiger partial charge in [0.2, 0.25) is 0 Å². The molecule has 0 aliphatic carbocycles. The zero-order chi connectivity index (χ0) is 80.3. The Morgan fingerprint density at radius 1 is 0.447 bits per heavy atom. The Kier molecular flexibility index (Phi) is 21.9. The molecule has 0 bridgehead atoms. The van der Waals surface area contributed by atoms with Crippen LogP contribution in [0.15, 0.2) is 184 Å². The third kappa shape index (κ3) is 16.7. The predicted octanol–water partition coefficient (Wildman–Crippen LogP) is 17.3. The summed E-state index contributed by atoms with van der Waals surface area (Å²) < 4.78 is 186. The van der Waals surface area contributed by atoms with Gasteiger partial charge in [0, 0.05) is 64.4 Å². The Balaban J connectivity index is 0.000000142. The molecule has 6 aliphatic heterocycles. The van der Waals surface area contributed by atoms with Crippen LogP contribution in [-0.4, -0.2) is 111 Å². The lowest BCUT2D eigenvalue weighted by atomic mass is 10.1. The minimum Gasteiger partial charge on any atom is -0.497 e. The lowest BCUT2D eigenvalue weighted by molar-refractivity contribution is -0.138. The van der Waals surface area contributed by atoms with E-state index < -0.39 is 58.6 Å². The fourth-order valence-corrected chi connectivity index (χ4v) is 14.6. The molecule has 2 N–H and O–H groups in total. The maximum atomic E-state index is 14.8. The highest BCUT2D eigenvalue weighted by atomic mass is 35.5. The van der Waals surface area contributed by atoms with Gasteiger partial charge >= 0.3 is 18.5 Å². The first-order valence-corrected chi connectivity index (χ1v) is 35.8. The number of alkyl halides is 9. The minimum atomic E-state index is -4.61. The normalized spacial score (nSPS) is 11.6. The van der Waals surface area contributed by atoms with Crippen LogP contribution in [0, 0.1) is 29.3 Å². The smallest absolute Gasteiger partial charge is 0.417 e. The number of carbonyl (C=O) groups is 1. The second-order valence-corrected chi connectivity index (χ2v) is 27.8. The van der Waals surface area contributed by atoms with Gasteiger partial charge in [-0.25, -0.2) is 53.0 Å². The average Bonchev–Trinajstić information content (AvgIpc) is 1.61. The van der Waals surface area contributed by atoms with Gasteiger partial charge in [0.1, 0.15) is 105 Å². The van der Waals surface area contributed by atoms with Crippen LogP contribution >= 0.6 is 45.6 Å². The number of benzene rings is 6. The Hall–Kier alpha value is -13.2. The monoisotopic (exact) mass is 1630 g/mol. The van der Waals surface area contributed by atoms with Gasteiger partial charge in [-0.05, 0) is 91.0 Å². The lowest BCUT2D eigenvalue weighted by Gasteiger charge is -2.12. The van der Waals surface area contributed by atoms with Crippen LogP contribution < -0.4 is 19.9 Å². The van der Waals surface area contributed by atoms with E-state index in [9.17, 15) is 57.5 Å². The molecule has 10 heterocycles. The molecule has 1 amide bonds. The number of carbonyl (C=O) groups excluding carboxylic acids is 1. The van der Waals surface area contributed by atoms with Crippen molar-refractivity contribution < 1.29 is 71.7 Å². The molecule has 38 heteroatoms. The summed E-state index contributed by atoms with van der Waals surface area (Å²) in [5, 5.41) is 25.9. The van der Waals surface area contributed by atoms with E-state index in [1.54, 1.807) is 87.2 Å². The van der Waals surface area contributed by atoms with Crippen molar-refractivity contribution in [3.05, 3.63) is 255 Å². The highest BCUT2D eigenvalue weighted by Gasteiger charge is 2.39. The number of nitrogens with two attached hydrogens (primary N) is 1. The van der Waals surface area contributed by atoms with Gasteiger partial charge in [-0.3, -0.25) is 4.79 Å². The van der Waals surface area contributed by atoms with Gasteiger partial charge in [0.25, 0.3) is 5.91 Å². The van der Waals surface area contributed by atoms with E-state index in [2.05, 4.69) is 82.3 Å². The van der Waals surface area contributed by atoms with E-state index in [0.717, 1.165) is 52.2 Å². The topological polar surface area (TPSA) is 266 Å². The number of hydrogen-bond donors (Lipinski definition) is 1. The van der Waals surface area contributed by atoms with Crippen LogP contribution in [0.25, 0.3) is 99.6 Å². The molecule has 0 atom stereocenters. The van der Waals surface area contributed by atoms with Crippen LogP contribution in [0.5, 0.6) is 17.2 Å². The predicted molar refractivity (Wildman–Crippen MR) is 396 cm³/mol. The molecule has 10 aromatic rings. The molecule has 0 radical (unpaired) electrons. The fraction of sp³-hybridized carbons (Fsp3) is 0.118. The second-order valence-electron chi connectivity index (χ2n) is 24.2. The maximum absolute atomic E-state index is 14.8. The summed E-state index contributed by atoms with van der Waals surface area (Å²) in [5.41, 5.74) is 7.19. The zero-order valence-corrected chi connectivity index (χ0v) is 61.6. The first-order valence-electron chi connectivity index (χ1n) is 33.0. The third-order valence-electron chi connectivity index (χ3n) is 16.8. The molecule has 16 rings (SSSR count). The molecular formula is C76H47ClF12N18O4S3. The summed E-state index contributed by atoms with van der Waals surface area (Å²) in [6.07, 6.45) is 0.0490. The quantitative estimate of drug-likeness (QED) is 0.0696. The molecule has 0 saturated carbocycles. The average molecular weight is 1640 g/mol. The summed E-state index contributed by atoms with van der Waals surface area (Å²) in [5.74, 6) is 3.98. The molecule has 114 heavy (non-hydrogen) atoms. The molecule has 22 nitrogen and oxygen atoms in total. The van der Waals surface area contributed by atoms with Gasteiger partial charge < -0.3 is 33.6 Å². The van der Waals surface area contributed by atoms with Crippen molar-refractivity contribution in [2.45, 2.75) is 38.2 Å². The molecule has 0 unspecified atom stereocenters. The summed E-state index contributed by atoms with van der Waals surface area (Å²) in [7, 11) is 3.89. The fourth-order valence-electron chi connectivity index (χ4n) is 11.6. The van der Waals surface area contributed by atoms with E-state index in [1.807, 2.05) is 0 Å². The number of halogens is 13. The van der Waals surface area contributed by atoms with Crippen LogP contribution in [-0.2, 0) is 38.2 Å². The number of rotatable bonds is 16. The van der Waals surface area contributed by atoms with Crippen molar-refractivity contribution in [1.82, 2.24) is 84.2 Å². The van der Waals surface area contributed by atoms with Gasteiger partial charge in [0.15, 0.2) is 0 Å². The molecule has 4 aromatic heterocycles. The van der Waals surface area contributed by atoms with Crippen LogP contribution in [0.4, 0.5) is 52.7 Å². The molecule has 574 valence electrons. The summed E-state index contributed by atoms with van der Waals surface area (Å²) >= 11 is 9.44. The molecule has 6 aromatic carbocycles. The first kappa shape index (κ1) is 77.5. The van der Waals surface area contributed by atoms with Gasteiger partial charge in [-0.15, -0.1) is 30.6 Å². The van der Waals surface area contributed by atoms with Crippen LogP contribution in [0.1, 0.15) is 53.2 Å².